The lowest BCUT2D eigenvalue weighted by atomic mass is 9.97. The van der Waals surface area contributed by atoms with Gasteiger partial charge in [-0.25, -0.2) is 0 Å². The summed E-state index contributed by atoms with van der Waals surface area (Å²) in [6.45, 7) is 0. The monoisotopic (exact) mass is 739 g/mol. The van der Waals surface area contributed by atoms with Crippen molar-refractivity contribution < 1.29 is 4.42 Å². The van der Waals surface area contributed by atoms with Crippen molar-refractivity contribution in [1.82, 2.24) is 0 Å². The molecule has 2 nitrogen and oxygen atoms in total. The second-order valence-electron chi connectivity index (χ2n) is 14.9. The zero-order chi connectivity index (χ0) is 38.4. The summed E-state index contributed by atoms with van der Waals surface area (Å²) in [5.74, 6) is 0. The van der Waals surface area contributed by atoms with Gasteiger partial charge in [-0.05, 0) is 97.6 Å². The second kappa shape index (κ2) is 14.1. The molecule has 0 aliphatic carbocycles. The molecule has 0 saturated heterocycles. The smallest absolute Gasteiger partial charge is 0.143 e. The number of rotatable bonds is 7. The molecule has 0 spiro atoms. The molecular formula is C56H37NO. The fraction of sp³-hybridized carbons (Fsp3) is 0. The van der Waals surface area contributed by atoms with Gasteiger partial charge in [0.05, 0.1) is 0 Å². The molecule has 11 rings (SSSR count). The minimum Gasteiger partial charge on any atom is -0.455 e. The Bertz CT molecular complexity index is 3170. The van der Waals surface area contributed by atoms with Gasteiger partial charge in [0.15, 0.2) is 0 Å². The predicted molar refractivity (Wildman–Crippen MR) is 245 cm³/mol. The van der Waals surface area contributed by atoms with Crippen LogP contribution in [0, 0.1) is 0 Å². The van der Waals surface area contributed by atoms with Crippen LogP contribution in [0.2, 0.25) is 0 Å². The van der Waals surface area contributed by atoms with Crippen molar-refractivity contribution in [1.29, 1.82) is 0 Å². The summed E-state index contributed by atoms with van der Waals surface area (Å²) >= 11 is 0. The van der Waals surface area contributed by atoms with E-state index in [1.54, 1.807) is 0 Å². The molecule has 0 saturated carbocycles. The lowest BCUT2D eigenvalue weighted by Gasteiger charge is -2.27. The summed E-state index contributed by atoms with van der Waals surface area (Å²) in [7, 11) is 0. The van der Waals surface area contributed by atoms with E-state index < -0.39 is 0 Å². The Labute approximate surface area is 337 Å². The van der Waals surface area contributed by atoms with E-state index in [1.807, 2.05) is 0 Å². The molecule has 0 fully saturated rings. The van der Waals surface area contributed by atoms with Gasteiger partial charge in [0.2, 0.25) is 0 Å². The third kappa shape index (κ3) is 5.91. The van der Waals surface area contributed by atoms with Crippen LogP contribution in [0.5, 0.6) is 0 Å². The summed E-state index contributed by atoms with van der Waals surface area (Å²) in [5.41, 5.74) is 14.4. The van der Waals surface area contributed by atoms with Crippen LogP contribution in [0.3, 0.4) is 0 Å². The zero-order valence-corrected chi connectivity index (χ0v) is 31.7. The molecule has 272 valence electrons. The number of anilines is 3. The van der Waals surface area contributed by atoms with E-state index in [0.717, 1.165) is 61.3 Å². The number of benzene rings is 10. The maximum absolute atomic E-state index is 6.84. The molecule has 58 heavy (non-hydrogen) atoms. The van der Waals surface area contributed by atoms with Crippen molar-refractivity contribution in [2.24, 2.45) is 0 Å². The Hall–Kier alpha value is -7.68. The van der Waals surface area contributed by atoms with Gasteiger partial charge < -0.3 is 9.32 Å². The van der Waals surface area contributed by atoms with Gasteiger partial charge in [-0.15, -0.1) is 0 Å². The number of fused-ring (bicyclic) bond motifs is 7. The van der Waals surface area contributed by atoms with Crippen LogP contribution in [-0.4, -0.2) is 0 Å². The highest BCUT2D eigenvalue weighted by Gasteiger charge is 2.17. The summed E-state index contributed by atoms with van der Waals surface area (Å²) in [6.07, 6.45) is 0. The van der Waals surface area contributed by atoms with Crippen LogP contribution >= 0.6 is 0 Å². The molecule has 0 radical (unpaired) electrons. The van der Waals surface area contributed by atoms with Crippen molar-refractivity contribution >= 4 is 60.5 Å². The van der Waals surface area contributed by atoms with Gasteiger partial charge in [-0.2, -0.15) is 0 Å². The van der Waals surface area contributed by atoms with Crippen LogP contribution < -0.4 is 4.90 Å². The Kier molecular flexibility index (Phi) is 8.19. The molecule has 0 atom stereocenters. The first-order chi connectivity index (χ1) is 28.7. The van der Waals surface area contributed by atoms with E-state index in [2.05, 4.69) is 229 Å². The SMILES string of the molecule is c1ccc(-c2cccc(N(c3ccc(-c4ccc(-c5cccc6c5oc5c6ccc6ccc7ccccc7c65)cc4)cc3)c3cccc(-c4ccccc4)c3)c2)cc1. The molecule has 0 bridgehead atoms. The molecule has 11 aromatic rings. The first-order valence-corrected chi connectivity index (χ1v) is 19.8. The van der Waals surface area contributed by atoms with Crippen molar-refractivity contribution in [3.63, 3.8) is 0 Å². The molecule has 0 aliphatic heterocycles. The highest BCUT2D eigenvalue weighted by molar-refractivity contribution is 6.24. The van der Waals surface area contributed by atoms with Crippen LogP contribution in [0.15, 0.2) is 229 Å². The van der Waals surface area contributed by atoms with E-state index in [4.69, 9.17) is 4.42 Å². The first kappa shape index (κ1) is 33.6. The first-order valence-electron chi connectivity index (χ1n) is 19.8. The van der Waals surface area contributed by atoms with Crippen molar-refractivity contribution in [3.05, 3.63) is 224 Å². The highest BCUT2D eigenvalue weighted by atomic mass is 16.3. The Morgan fingerprint density at radius 1 is 0.276 bits per heavy atom. The maximum atomic E-state index is 6.84. The third-order valence-corrected chi connectivity index (χ3v) is 11.4. The predicted octanol–water partition coefficient (Wildman–Crippen LogP) is 16.0. The van der Waals surface area contributed by atoms with E-state index in [0.29, 0.717) is 0 Å². The number of para-hydroxylation sites is 1. The standard InChI is InChI=1S/C56H37NO/c1-3-12-38(13-4-1)45-17-9-19-48(36-45)57(49-20-10-18-46(37-49)39-14-5-2-6-15-39)47-33-30-41(31-34-47)40-24-26-43(27-25-40)51-22-11-23-52-53-35-32-44-29-28-42-16-7-8-21-50(42)54(44)56(53)58-55(51)52/h1-37H. The highest BCUT2D eigenvalue weighted by Crippen LogP contribution is 2.42. The van der Waals surface area contributed by atoms with Crippen LogP contribution in [0.4, 0.5) is 17.1 Å². The zero-order valence-electron chi connectivity index (χ0n) is 31.7. The largest absolute Gasteiger partial charge is 0.455 e. The third-order valence-electron chi connectivity index (χ3n) is 11.4. The van der Waals surface area contributed by atoms with Gasteiger partial charge in [-0.3, -0.25) is 0 Å². The maximum Gasteiger partial charge on any atom is 0.143 e. The van der Waals surface area contributed by atoms with Crippen molar-refractivity contribution in [2.75, 3.05) is 4.90 Å². The van der Waals surface area contributed by atoms with E-state index in [9.17, 15) is 0 Å². The van der Waals surface area contributed by atoms with Gasteiger partial charge in [-0.1, -0.05) is 182 Å². The van der Waals surface area contributed by atoms with Crippen LogP contribution in [0.25, 0.3) is 88.0 Å². The molecule has 0 N–H and O–H groups in total. The van der Waals surface area contributed by atoms with Crippen molar-refractivity contribution in [2.45, 2.75) is 0 Å². The number of hydrogen-bond donors (Lipinski definition) is 0. The Balaban J connectivity index is 0.954. The van der Waals surface area contributed by atoms with E-state index in [-0.39, 0.29) is 0 Å². The van der Waals surface area contributed by atoms with Gasteiger partial charge in [0.25, 0.3) is 0 Å². The summed E-state index contributed by atoms with van der Waals surface area (Å²) in [5, 5.41) is 7.06. The quantitative estimate of drug-likeness (QED) is 0.151. The molecule has 0 aliphatic rings. The second-order valence-corrected chi connectivity index (χ2v) is 14.9. The Morgan fingerprint density at radius 2 is 0.759 bits per heavy atom. The summed E-state index contributed by atoms with van der Waals surface area (Å²) in [4.78, 5) is 2.35. The van der Waals surface area contributed by atoms with Gasteiger partial charge >= 0.3 is 0 Å². The van der Waals surface area contributed by atoms with E-state index in [1.165, 1.54) is 43.8 Å². The van der Waals surface area contributed by atoms with Crippen molar-refractivity contribution in [3.8, 4) is 44.5 Å². The minimum absolute atomic E-state index is 0.919. The summed E-state index contributed by atoms with van der Waals surface area (Å²) < 4.78 is 6.84. The van der Waals surface area contributed by atoms with Gasteiger partial charge in [0.1, 0.15) is 11.2 Å². The molecular weight excluding hydrogens is 703 g/mol. The number of hydrogen-bond acceptors (Lipinski definition) is 2. The number of nitrogens with zero attached hydrogens (tertiary/aromatic N) is 1. The molecule has 2 heteroatoms. The lowest BCUT2D eigenvalue weighted by molar-refractivity contribution is 0.674. The average molecular weight is 740 g/mol. The normalized spacial score (nSPS) is 11.4. The fourth-order valence-electron chi connectivity index (χ4n) is 8.57. The topological polar surface area (TPSA) is 16.4 Å². The van der Waals surface area contributed by atoms with Crippen LogP contribution in [0.1, 0.15) is 0 Å². The van der Waals surface area contributed by atoms with Gasteiger partial charge in [0, 0.05) is 38.8 Å². The molecule has 0 unspecified atom stereocenters. The summed E-state index contributed by atoms with van der Waals surface area (Å²) in [6, 6.07) is 80.5. The fourth-order valence-corrected chi connectivity index (χ4v) is 8.57. The molecule has 1 heterocycles. The van der Waals surface area contributed by atoms with E-state index >= 15 is 0 Å². The molecule has 1 aromatic heterocycles. The minimum atomic E-state index is 0.919. The van der Waals surface area contributed by atoms with Crippen LogP contribution in [-0.2, 0) is 0 Å². The molecule has 10 aromatic carbocycles. The average Bonchev–Trinajstić information content (AvgIpc) is 3.69. The Morgan fingerprint density at radius 3 is 1.43 bits per heavy atom. The lowest BCUT2D eigenvalue weighted by Crippen LogP contribution is -2.10. The molecule has 0 amide bonds. The number of furan rings is 1.